The second-order valence-corrected chi connectivity index (χ2v) is 8.33. The molecule has 1 unspecified atom stereocenters. The van der Waals surface area contributed by atoms with E-state index < -0.39 is 15.2 Å². The molecule has 7 heteroatoms. The van der Waals surface area contributed by atoms with Gasteiger partial charge in [-0.25, -0.2) is 8.42 Å². The molecule has 2 aromatic carbocycles. The molecule has 0 saturated heterocycles. The molecule has 0 spiro atoms. The Morgan fingerprint density at radius 2 is 1.92 bits per heavy atom. The smallest absolute Gasteiger partial charge is 0.198 e. The highest BCUT2D eigenvalue weighted by atomic mass is 32.2. The minimum atomic E-state index is -3.67. The Balaban J connectivity index is 1.92. The largest absolute Gasteiger partial charge is 0.497 e. The van der Waals surface area contributed by atoms with Crippen molar-refractivity contribution < 1.29 is 17.9 Å². The van der Waals surface area contributed by atoms with Crippen molar-refractivity contribution in [3.63, 3.8) is 0 Å². The first-order valence-corrected chi connectivity index (χ1v) is 9.88. The molecule has 0 amide bonds. The zero-order valence-electron chi connectivity index (χ0n) is 14.6. The number of aromatic amines is 1. The van der Waals surface area contributed by atoms with Crippen LogP contribution in [0.2, 0.25) is 0 Å². The summed E-state index contributed by atoms with van der Waals surface area (Å²) >= 11 is 0. The van der Waals surface area contributed by atoms with Crippen molar-refractivity contribution in [2.24, 2.45) is 0 Å². The summed E-state index contributed by atoms with van der Waals surface area (Å²) in [7, 11) is -0.296. The molecular formula is C19H20N2O4S. The number of methoxy groups -OCH3 is 1. The maximum Gasteiger partial charge on any atom is 0.198 e. The fraction of sp³-hybridized carbons (Fsp3) is 0.263. The molecule has 6 nitrogen and oxygen atoms in total. The van der Waals surface area contributed by atoms with E-state index >= 15 is 0 Å². The van der Waals surface area contributed by atoms with Crippen molar-refractivity contribution in [3.8, 4) is 11.5 Å². The van der Waals surface area contributed by atoms with Crippen LogP contribution in [0.25, 0.3) is 10.9 Å². The lowest BCUT2D eigenvalue weighted by atomic mass is 10.1. The predicted octanol–water partition coefficient (Wildman–Crippen LogP) is 2.97. The van der Waals surface area contributed by atoms with Gasteiger partial charge in [0.1, 0.15) is 23.5 Å². The van der Waals surface area contributed by atoms with E-state index in [1.165, 1.54) is 0 Å². The van der Waals surface area contributed by atoms with Crippen LogP contribution >= 0.6 is 0 Å². The maximum absolute atomic E-state index is 13.5. The lowest BCUT2D eigenvalue weighted by molar-refractivity contribution is 0.251. The van der Waals surface area contributed by atoms with E-state index in [0.29, 0.717) is 30.2 Å². The molecule has 0 fully saturated rings. The first-order chi connectivity index (χ1) is 12.5. The predicted molar refractivity (Wildman–Crippen MR) is 99.3 cm³/mol. The van der Waals surface area contributed by atoms with E-state index in [1.54, 1.807) is 31.4 Å². The average Bonchev–Trinajstić information content (AvgIpc) is 3.05. The minimum absolute atomic E-state index is 0.260. The number of nitrogens with one attached hydrogen (secondary N) is 1. The highest BCUT2D eigenvalue weighted by molar-refractivity contribution is 7.91. The molecule has 1 atom stereocenters. The molecule has 1 aromatic heterocycles. The molecule has 0 aliphatic carbocycles. The van der Waals surface area contributed by atoms with Crippen LogP contribution in [-0.2, 0) is 9.84 Å². The SMILES string of the molecule is COc1ccc(S(=O)(=O)C2c3c(ccc4[nH]ccc34)OCCN2C)cc1. The Labute approximate surface area is 152 Å². The van der Waals surface area contributed by atoms with Gasteiger partial charge in [0.25, 0.3) is 0 Å². The Morgan fingerprint density at radius 3 is 2.65 bits per heavy atom. The van der Waals surface area contributed by atoms with Crippen molar-refractivity contribution in [3.05, 3.63) is 54.2 Å². The van der Waals surface area contributed by atoms with Gasteiger partial charge in [-0.15, -0.1) is 0 Å². The summed E-state index contributed by atoms with van der Waals surface area (Å²) in [5, 5.41) is 0.0335. The summed E-state index contributed by atoms with van der Waals surface area (Å²) in [5.41, 5.74) is 1.57. The van der Waals surface area contributed by atoms with Crippen LogP contribution in [0.3, 0.4) is 0 Å². The number of fused-ring (bicyclic) bond motifs is 3. The molecule has 0 saturated carbocycles. The van der Waals surface area contributed by atoms with Crippen molar-refractivity contribution in [2.75, 3.05) is 27.3 Å². The van der Waals surface area contributed by atoms with Gasteiger partial charge in [-0.05, 0) is 49.5 Å². The second kappa shape index (κ2) is 6.34. The van der Waals surface area contributed by atoms with Gasteiger partial charge >= 0.3 is 0 Å². The molecule has 3 aromatic rings. The van der Waals surface area contributed by atoms with Gasteiger partial charge in [0.15, 0.2) is 9.84 Å². The Bertz CT molecular complexity index is 1040. The number of nitrogens with zero attached hydrogens (tertiary/aromatic N) is 1. The Kier molecular flexibility index (Phi) is 4.13. The lowest BCUT2D eigenvalue weighted by Gasteiger charge is -2.26. The van der Waals surface area contributed by atoms with Crippen LogP contribution in [-0.4, -0.2) is 45.6 Å². The van der Waals surface area contributed by atoms with Gasteiger partial charge in [0.05, 0.1) is 12.0 Å². The van der Waals surface area contributed by atoms with Crippen molar-refractivity contribution in [1.29, 1.82) is 0 Å². The first-order valence-electron chi connectivity index (χ1n) is 8.33. The van der Waals surface area contributed by atoms with E-state index in [4.69, 9.17) is 9.47 Å². The van der Waals surface area contributed by atoms with Crippen LogP contribution < -0.4 is 9.47 Å². The number of aromatic nitrogens is 1. The summed E-state index contributed by atoms with van der Waals surface area (Å²) in [6.45, 7) is 0.953. The third kappa shape index (κ3) is 2.64. The van der Waals surface area contributed by atoms with Crippen molar-refractivity contribution in [1.82, 2.24) is 9.88 Å². The Morgan fingerprint density at radius 1 is 1.15 bits per heavy atom. The van der Waals surface area contributed by atoms with Gasteiger partial charge in [0, 0.05) is 29.2 Å². The quantitative estimate of drug-likeness (QED) is 0.765. The van der Waals surface area contributed by atoms with E-state index in [2.05, 4.69) is 4.98 Å². The number of H-pyrrole nitrogens is 1. The molecule has 1 aliphatic rings. The fourth-order valence-electron chi connectivity index (χ4n) is 3.44. The standard InChI is InChI=1S/C19H20N2O4S/c1-21-11-12-25-17-8-7-16-15(9-10-20-16)18(17)19(21)26(22,23)14-5-3-13(24-2)4-6-14/h3-10,19-20H,11-12H2,1-2H3. The zero-order chi connectivity index (χ0) is 18.3. The molecule has 2 heterocycles. The number of hydrogen-bond donors (Lipinski definition) is 1. The van der Waals surface area contributed by atoms with Gasteiger partial charge in [-0.1, -0.05) is 0 Å². The van der Waals surface area contributed by atoms with Crippen LogP contribution in [0.4, 0.5) is 0 Å². The van der Waals surface area contributed by atoms with E-state index in [0.717, 1.165) is 10.9 Å². The molecule has 1 aliphatic heterocycles. The summed E-state index contributed by atoms with van der Waals surface area (Å²) in [4.78, 5) is 5.24. The van der Waals surface area contributed by atoms with E-state index in [-0.39, 0.29) is 4.90 Å². The minimum Gasteiger partial charge on any atom is -0.497 e. The van der Waals surface area contributed by atoms with Crippen molar-refractivity contribution in [2.45, 2.75) is 10.3 Å². The highest BCUT2D eigenvalue weighted by Crippen LogP contribution is 2.42. The Hall–Kier alpha value is -2.51. The van der Waals surface area contributed by atoms with Gasteiger partial charge < -0.3 is 14.5 Å². The third-order valence-electron chi connectivity index (χ3n) is 4.77. The van der Waals surface area contributed by atoms with Gasteiger partial charge in [-0.3, -0.25) is 4.90 Å². The molecular weight excluding hydrogens is 352 g/mol. The average molecular weight is 372 g/mol. The number of rotatable bonds is 3. The van der Waals surface area contributed by atoms with E-state index in [1.807, 2.05) is 36.3 Å². The topological polar surface area (TPSA) is 71.6 Å². The van der Waals surface area contributed by atoms with Crippen molar-refractivity contribution >= 4 is 20.7 Å². The molecule has 26 heavy (non-hydrogen) atoms. The van der Waals surface area contributed by atoms with Gasteiger partial charge in [0.2, 0.25) is 0 Å². The third-order valence-corrected chi connectivity index (χ3v) is 6.88. The summed E-state index contributed by atoms with van der Waals surface area (Å²) in [6, 6.07) is 12.2. The molecule has 0 radical (unpaired) electrons. The van der Waals surface area contributed by atoms with Crippen LogP contribution in [0.5, 0.6) is 11.5 Å². The number of hydrogen-bond acceptors (Lipinski definition) is 5. The lowest BCUT2D eigenvalue weighted by Crippen LogP contribution is -2.32. The maximum atomic E-state index is 13.5. The highest BCUT2D eigenvalue weighted by Gasteiger charge is 2.37. The van der Waals surface area contributed by atoms with Crippen LogP contribution in [0, 0.1) is 0 Å². The second-order valence-electron chi connectivity index (χ2n) is 6.32. The summed E-state index contributed by atoms with van der Waals surface area (Å²) < 4.78 is 38.1. The van der Waals surface area contributed by atoms with Crippen LogP contribution in [0.1, 0.15) is 10.9 Å². The number of ether oxygens (including phenoxy) is 2. The molecule has 0 bridgehead atoms. The molecule has 136 valence electrons. The van der Waals surface area contributed by atoms with E-state index in [9.17, 15) is 8.42 Å². The fourth-order valence-corrected chi connectivity index (χ4v) is 5.35. The first kappa shape index (κ1) is 16.9. The number of likely N-dealkylation sites (N-methyl/N-ethyl adjacent to an activating group) is 1. The number of sulfone groups is 1. The zero-order valence-corrected chi connectivity index (χ0v) is 15.4. The normalized spacial score (nSPS) is 18.2. The van der Waals surface area contributed by atoms with Gasteiger partial charge in [-0.2, -0.15) is 0 Å². The summed E-state index contributed by atoms with van der Waals surface area (Å²) in [5.74, 6) is 1.23. The van der Waals surface area contributed by atoms with Crippen LogP contribution in [0.15, 0.2) is 53.6 Å². The summed E-state index contributed by atoms with van der Waals surface area (Å²) in [6.07, 6.45) is 1.81. The molecule has 1 N–H and O–H groups in total. The monoisotopic (exact) mass is 372 g/mol. The number of benzene rings is 2. The molecule has 4 rings (SSSR count).